The number of rotatable bonds is 1. The van der Waals surface area contributed by atoms with Crippen LogP contribution in [0.25, 0.3) is 0 Å². The zero-order valence-electron chi connectivity index (χ0n) is 5.55. The van der Waals surface area contributed by atoms with Crippen molar-refractivity contribution in [2.45, 2.75) is 11.0 Å². The largest absolute Gasteiger partial charge is 0.479 e. The predicted octanol–water partition coefficient (Wildman–Crippen LogP) is 1.14. The molecule has 0 aromatic rings. The fourth-order valence-corrected chi connectivity index (χ4v) is 1.41. The Balaban J connectivity index is 2.97. The molecule has 0 radical (unpaired) electrons. The number of halogens is 3. The summed E-state index contributed by atoms with van der Waals surface area (Å²) in [5.74, 6) is -1.94. The SMILES string of the molecule is O=C(O)C1(C(F)(F)F)NC=CS1. The van der Waals surface area contributed by atoms with Crippen LogP contribution in [0.4, 0.5) is 13.2 Å². The van der Waals surface area contributed by atoms with E-state index in [1.165, 1.54) is 0 Å². The molecule has 0 aliphatic carbocycles. The summed E-state index contributed by atoms with van der Waals surface area (Å²) in [4.78, 5) is 7.43. The second-order valence-electron chi connectivity index (χ2n) is 2.05. The van der Waals surface area contributed by atoms with Crippen LogP contribution in [0.15, 0.2) is 11.6 Å². The third kappa shape index (κ3) is 1.13. The molecule has 12 heavy (non-hydrogen) atoms. The van der Waals surface area contributed by atoms with Gasteiger partial charge in [0.25, 0.3) is 4.87 Å². The average Bonchev–Trinajstić information content (AvgIpc) is 2.31. The van der Waals surface area contributed by atoms with E-state index in [-0.39, 0.29) is 11.8 Å². The van der Waals surface area contributed by atoms with Gasteiger partial charge in [-0.2, -0.15) is 13.2 Å². The van der Waals surface area contributed by atoms with E-state index in [4.69, 9.17) is 5.11 Å². The maximum Gasteiger partial charge on any atom is 0.432 e. The second-order valence-corrected chi connectivity index (χ2v) is 3.17. The molecule has 1 heterocycles. The summed E-state index contributed by atoms with van der Waals surface area (Å²) >= 11 is 0.189. The third-order valence-corrected chi connectivity index (χ3v) is 2.45. The lowest BCUT2D eigenvalue weighted by atomic mass is 10.3. The zero-order valence-corrected chi connectivity index (χ0v) is 6.37. The first-order chi connectivity index (χ1) is 5.40. The molecule has 0 saturated heterocycles. The lowest BCUT2D eigenvalue weighted by Gasteiger charge is -2.26. The Morgan fingerprint density at radius 2 is 2.17 bits per heavy atom. The molecular weight excluding hydrogens is 195 g/mol. The summed E-state index contributed by atoms with van der Waals surface area (Å²) in [5, 5.41) is 11.2. The van der Waals surface area contributed by atoms with Crippen molar-refractivity contribution < 1.29 is 23.1 Å². The molecule has 0 saturated carbocycles. The van der Waals surface area contributed by atoms with E-state index in [0.717, 1.165) is 11.6 Å². The van der Waals surface area contributed by atoms with Gasteiger partial charge in [0, 0.05) is 6.20 Å². The number of nitrogens with one attached hydrogen (secondary N) is 1. The maximum absolute atomic E-state index is 12.2. The Hall–Kier alpha value is -0.850. The lowest BCUT2D eigenvalue weighted by molar-refractivity contribution is -0.185. The van der Waals surface area contributed by atoms with Crippen molar-refractivity contribution in [3.05, 3.63) is 11.6 Å². The quantitative estimate of drug-likeness (QED) is 0.664. The van der Waals surface area contributed by atoms with E-state index in [0.29, 0.717) is 0 Å². The number of carbonyl (C=O) groups is 1. The molecule has 0 aromatic heterocycles. The highest BCUT2D eigenvalue weighted by molar-refractivity contribution is 8.04. The van der Waals surface area contributed by atoms with Crippen LogP contribution < -0.4 is 5.32 Å². The summed E-state index contributed by atoms with van der Waals surface area (Å²) < 4.78 is 36.5. The minimum absolute atomic E-state index is 0.189. The van der Waals surface area contributed by atoms with Gasteiger partial charge >= 0.3 is 12.1 Å². The lowest BCUT2D eigenvalue weighted by Crippen LogP contribution is -2.56. The molecule has 68 valence electrons. The first kappa shape index (κ1) is 9.24. The fraction of sp³-hybridized carbons (Fsp3) is 0.400. The molecule has 1 rings (SSSR count). The molecular formula is C5H4F3NO2S. The van der Waals surface area contributed by atoms with Gasteiger partial charge < -0.3 is 10.4 Å². The maximum atomic E-state index is 12.2. The van der Waals surface area contributed by atoms with Crippen LogP contribution in [0.3, 0.4) is 0 Å². The highest BCUT2D eigenvalue weighted by Gasteiger charge is 2.62. The summed E-state index contributed by atoms with van der Waals surface area (Å²) in [6.45, 7) is 0. The van der Waals surface area contributed by atoms with Crippen LogP contribution in [-0.4, -0.2) is 22.1 Å². The van der Waals surface area contributed by atoms with Gasteiger partial charge in [-0.15, -0.1) is 0 Å². The normalized spacial score (nSPS) is 28.6. The van der Waals surface area contributed by atoms with Crippen LogP contribution in [0.1, 0.15) is 0 Å². The molecule has 0 bridgehead atoms. The van der Waals surface area contributed by atoms with Crippen LogP contribution >= 0.6 is 11.8 Å². The number of carboxylic acids is 1. The summed E-state index contributed by atoms with van der Waals surface area (Å²) in [6.07, 6.45) is -3.85. The monoisotopic (exact) mass is 199 g/mol. The Kier molecular flexibility index (Phi) is 1.99. The molecule has 0 aromatic carbocycles. The topological polar surface area (TPSA) is 49.3 Å². The van der Waals surface area contributed by atoms with E-state index in [1.807, 2.05) is 0 Å². The summed E-state index contributed by atoms with van der Waals surface area (Å²) in [6, 6.07) is 0. The molecule has 1 atom stereocenters. The van der Waals surface area contributed by atoms with Crippen molar-refractivity contribution in [2.75, 3.05) is 0 Å². The molecule has 1 aliphatic heterocycles. The molecule has 0 spiro atoms. The average molecular weight is 199 g/mol. The molecule has 1 aliphatic rings. The highest BCUT2D eigenvalue weighted by atomic mass is 32.2. The molecule has 7 heteroatoms. The van der Waals surface area contributed by atoms with Crippen molar-refractivity contribution in [1.82, 2.24) is 5.32 Å². The van der Waals surface area contributed by atoms with Crippen molar-refractivity contribution in [2.24, 2.45) is 0 Å². The van der Waals surface area contributed by atoms with Crippen molar-refractivity contribution in [3.8, 4) is 0 Å². The number of hydrogen-bond acceptors (Lipinski definition) is 3. The number of aliphatic carboxylic acids is 1. The van der Waals surface area contributed by atoms with Gasteiger partial charge in [0.1, 0.15) is 0 Å². The Morgan fingerprint density at radius 1 is 1.58 bits per heavy atom. The standard InChI is InChI=1S/C5H4F3NO2S/c6-5(7,8)4(3(10)11)9-1-2-12-4/h1-2,9H,(H,10,11). The fourth-order valence-electron chi connectivity index (χ4n) is 0.704. The van der Waals surface area contributed by atoms with E-state index in [9.17, 15) is 18.0 Å². The highest BCUT2D eigenvalue weighted by Crippen LogP contribution is 2.42. The van der Waals surface area contributed by atoms with Gasteiger partial charge in [0.15, 0.2) is 0 Å². The van der Waals surface area contributed by atoms with Crippen molar-refractivity contribution in [1.29, 1.82) is 0 Å². The van der Waals surface area contributed by atoms with E-state index < -0.39 is 17.0 Å². The van der Waals surface area contributed by atoms with Gasteiger partial charge in [-0.05, 0) is 5.41 Å². The molecule has 2 N–H and O–H groups in total. The van der Waals surface area contributed by atoms with Crippen molar-refractivity contribution in [3.63, 3.8) is 0 Å². The molecule has 1 unspecified atom stereocenters. The van der Waals surface area contributed by atoms with Crippen LogP contribution in [0.2, 0.25) is 0 Å². The number of thioether (sulfide) groups is 1. The molecule has 3 nitrogen and oxygen atoms in total. The van der Waals surface area contributed by atoms with Crippen molar-refractivity contribution >= 4 is 17.7 Å². The number of alkyl halides is 3. The van der Waals surface area contributed by atoms with Gasteiger partial charge in [-0.1, -0.05) is 11.8 Å². The van der Waals surface area contributed by atoms with E-state index in [2.05, 4.69) is 0 Å². The van der Waals surface area contributed by atoms with Gasteiger partial charge in [-0.25, -0.2) is 4.79 Å². The first-order valence-corrected chi connectivity index (χ1v) is 3.69. The predicted molar refractivity (Wildman–Crippen MR) is 36.3 cm³/mol. The van der Waals surface area contributed by atoms with Gasteiger partial charge in [-0.3, -0.25) is 0 Å². The Morgan fingerprint density at radius 3 is 2.33 bits per heavy atom. The first-order valence-electron chi connectivity index (χ1n) is 2.81. The third-order valence-electron chi connectivity index (χ3n) is 1.30. The number of carboxylic acid groups (broad SMARTS) is 1. The minimum atomic E-state index is -4.81. The van der Waals surface area contributed by atoms with Crippen LogP contribution in [0, 0.1) is 0 Å². The van der Waals surface area contributed by atoms with Gasteiger partial charge in [0.05, 0.1) is 0 Å². The zero-order chi connectivity index (χ0) is 9.41. The Labute approximate surface area is 69.6 Å². The molecule has 0 fully saturated rings. The van der Waals surface area contributed by atoms with Gasteiger partial charge in [0.2, 0.25) is 0 Å². The summed E-state index contributed by atoms with van der Waals surface area (Å²) in [7, 11) is 0. The van der Waals surface area contributed by atoms with E-state index in [1.54, 1.807) is 5.32 Å². The van der Waals surface area contributed by atoms with E-state index >= 15 is 0 Å². The second kappa shape index (κ2) is 2.58. The smallest absolute Gasteiger partial charge is 0.432 e. The van der Waals surface area contributed by atoms with Crippen LogP contribution in [-0.2, 0) is 4.79 Å². The summed E-state index contributed by atoms with van der Waals surface area (Å²) in [5.41, 5.74) is 0. The number of hydrogen-bond donors (Lipinski definition) is 2. The minimum Gasteiger partial charge on any atom is -0.479 e. The molecule has 0 amide bonds. The van der Waals surface area contributed by atoms with Crippen LogP contribution in [0.5, 0.6) is 0 Å². The Bertz CT molecular complexity index is 229.